The maximum absolute atomic E-state index is 14.0. The molecular formula is C47H63N11O5S. The summed E-state index contributed by atoms with van der Waals surface area (Å²) < 4.78 is 0. The Morgan fingerprint density at radius 3 is 1.94 bits per heavy atom. The van der Waals surface area contributed by atoms with Crippen LogP contribution in [0.15, 0.2) is 97.7 Å². The molecule has 0 saturated heterocycles. The van der Waals surface area contributed by atoms with Crippen LogP contribution in [-0.2, 0) is 43.4 Å². The summed E-state index contributed by atoms with van der Waals surface area (Å²) in [6.45, 7) is 8.66. The molecule has 0 saturated carbocycles. The van der Waals surface area contributed by atoms with E-state index in [4.69, 9.17) is 5.73 Å². The quantitative estimate of drug-likeness (QED) is 0.0364. The number of carbonyl (C=O) groups is 5. The van der Waals surface area contributed by atoms with Gasteiger partial charge in [0.2, 0.25) is 29.5 Å². The van der Waals surface area contributed by atoms with Gasteiger partial charge in [-0.15, -0.1) is 0 Å². The van der Waals surface area contributed by atoms with Crippen LogP contribution in [0.4, 0.5) is 0 Å². The minimum atomic E-state index is -0.569. The zero-order valence-electron chi connectivity index (χ0n) is 36.9. The van der Waals surface area contributed by atoms with Crippen LogP contribution in [0.1, 0.15) is 37.0 Å². The van der Waals surface area contributed by atoms with E-state index in [1.54, 1.807) is 12.4 Å². The average Bonchev–Trinajstić information content (AvgIpc) is 3.92. The highest BCUT2D eigenvalue weighted by molar-refractivity contribution is 7.80. The first-order valence-corrected chi connectivity index (χ1v) is 22.4. The highest BCUT2D eigenvalue weighted by atomic mass is 32.1. The van der Waals surface area contributed by atoms with Gasteiger partial charge in [0, 0.05) is 90.8 Å². The van der Waals surface area contributed by atoms with E-state index in [9.17, 15) is 24.0 Å². The molecule has 1 atom stereocenters. The standard InChI is InChI=1S/C47H63N11O5S/c1-33(2)47(34(3)51-19-23-64)55-43(60)31-57(21-15-36-26-52-40-13-6-4-11-38(36)40)45(62)29-54-42(59)30-56(20-9-17-48)46(63)32-58(44(61)28-50-25-35-10-8-18-49-24-35)22-16-37-27-53-41-14-7-5-12-39(37)41/h4-8,10-14,18,24,26-27,33,47,50-53,64H,3,9,15-17,19-23,25,28-32,48H2,1-2H3,(H,54,59)(H,55,60). The zero-order chi connectivity index (χ0) is 45.8. The van der Waals surface area contributed by atoms with E-state index in [0.29, 0.717) is 43.8 Å². The minimum Gasteiger partial charge on any atom is -0.386 e. The van der Waals surface area contributed by atoms with Gasteiger partial charge < -0.3 is 51.7 Å². The fraction of sp³-hybridized carbons (Fsp3) is 0.404. The van der Waals surface area contributed by atoms with E-state index in [1.165, 1.54) is 14.7 Å². The molecule has 3 aromatic heterocycles. The van der Waals surface area contributed by atoms with E-state index >= 15 is 0 Å². The van der Waals surface area contributed by atoms with Crippen LogP contribution in [0, 0.1) is 5.92 Å². The molecule has 1 unspecified atom stereocenters. The summed E-state index contributed by atoms with van der Waals surface area (Å²) >= 11 is 4.26. The number of aromatic amines is 2. The Morgan fingerprint density at radius 2 is 1.34 bits per heavy atom. The van der Waals surface area contributed by atoms with Gasteiger partial charge in [0.05, 0.1) is 38.8 Å². The molecule has 8 N–H and O–H groups in total. The number of amides is 5. The molecule has 0 aliphatic heterocycles. The summed E-state index contributed by atoms with van der Waals surface area (Å²) in [5, 5.41) is 14.1. The van der Waals surface area contributed by atoms with E-state index < -0.39 is 30.3 Å². The second kappa shape index (κ2) is 25.2. The molecule has 0 spiro atoms. The van der Waals surface area contributed by atoms with Crippen LogP contribution >= 0.6 is 12.6 Å². The first-order chi connectivity index (χ1) is 31.0. The van der Waals surface area contributed by atoms with Gasteiger partial charge in [0.25, 0.3) is 0 Å². The summed E-state index contributed by atoms with van der Waals surface area (Å²) in [6.07, 6.45) is 8.56. The summed E-state index contributed by atoms with van der Waals surface area (Å²) in [7, 11) is 0. The summed E-state index contributed by atoms with van der Waals surface area (Å²) in [5.74, 6) is -1.51. The van der Waals surface area contributed by atoms with Crippen molar-refractivity contribution in [1.82, 2.24) is 50.9 Å². The maximum atomic E-state index is 14.0. The molecule has 3 heterocycles. The monoisotopic (exact) mass is 893 g/mol. The topological polar surface area (TPSA) is 214 Å². The van der Waals surface area contributed by atoms with E-state index in [1.807, 2.05) is 86.9 Å². The largest absolute Gasteiger partial charge is 0.386 e. The molecule has 0 aliphatic rings. The summed E-state index contributed by atoms with van der Waals surface area (Å²) in [5.41, 5.74) is 11.3. The molecule has 17 heteroatoms. The highest BCUT2D eigenvalue weighted by Crippen LogP contribution is 2.20. The third-order valence-corrected chi connectivity index (χ3v) is 11.1. The van der Waals surface area contributed by atoms with Crippen molar-refractivity contribution in [2.45, 2.75) is 45.7 Å². The SMILES string of the molecule is C=C(NCCS)C(NC(=O)CN(CCc1c[nH]c2ccccc12)C(=O)CNC(=O)CN(CCCN)C(=O)CN(CCc1c[nH]c2ccccc12)C(=O)CNCc1cccnc1)C(C)C. The third-order valence-electron chi connectivity index (χ3n) is 10.9. The van der Waals surface area contributed by atoms with Gasteiger partial charge in [0.1, 0.15) is 0 Å². The van der Waals surface area contributed by atoms with Crippen molar-refractivity contribution in [2.75, 3.05) is 71.2 Å². The van der Waals surface area contributed by atoms with Gasteiger partial charge in [-0.2, -0.15) is 12.6 Å². The van der Waals surface area contributed by atoms with Gasteiger partial charge in [0.15, 0.2) is 0 Å². The van der Waals surface area contributed by atoms with Crippen molar-refractivity contribution in [3.8, 4) is 0 Å². The Hall–Kier alpha value is -6.17. The predicted molar refractivity (Wildman–Crippen MR) is 254 cm³/mol. The van der Waals surface area contributed by atoms with Crippen LogP contribution in [-0.4, -0.2) is 136 Å². The molecule has 64 heavy (non-hydrogen) atoms. The molecule has 342 valence electrons. The van der Waals surface area contributed by atoms with Gasteiger partial charge in [-0.05, 0) is 66.6 Å². The minimum absolute atomic E-state index is 0.0159. The Kier molecular flexibility index (Phi) is 19.2. The smallest absolute Gasteiger partial charge is 0.242 e. The van der Waals surface area contributed by atoms with E-state index in [2.05, 4.69) is 55.4 Å². The van der Waals surface area contributed by atoms with E-state index in [-0.39, 0.29) is 70.1 Å². The normalized spacial score (nSPS) is 11.6. The summed E-state index contributed by atoms with van der Waals surface area (Å²) in [4.78, 5) is 83.6. The lowest BCUT2D eigenvalue weighted by atomic mass is 10.0. The van der Waals surface area contributed by atoms with Crippen LogP contribution in [0.25, 0.3) is 21.8 Å². The highest BCUT2D eigenvalue weighted by Gasteiger charge is 2.26. The van der Waals surface area contributed by atoms with Crippen LogP contribution in [0.5, 0.6) is 0 Å². The molecule has 2 aromatic carbocycles. The summed E-state index contributed by atoms with van der Waals surface area (Å²) in [6, 6.07) is 19.1. The number of nitrogens with zero attached hydrogens (tertiary/aromatic N) is 4. The van der Waals surface area contributed by atoms with Crippen LogP contribution < -0.4 is 27.0 Å². The Labute approximate surface area is 380 Å². The number of carbonyl (C=O) groups excluding carboxylic acids is 5. The van der Waals surface area contributed by atoms with Crippen molar-refractivity contribution >= 4 is 64.0 Å². The first-order valence-electron chi connectivity index (χ1n) is 21.8. The number of hydrogen-bond donors (Lipinski definition) is 8. The molecule has 5 rings (SSSR count). The molecule has 16 nitrogen and oxygen atoms in total. The second-order valence-electron chi connectivity index (χ2n) is 16.0. The predicted octanol–water partition coefficient (Wildman–Crippen LogP) is 2.74. The number of para-hydroxylation sites is 2. The number of fused-ring (bicyclic) bond motifs is 2. The molecule has 0 fully saturated rings. The number of H-pyrrole nitrogens is 2. The number of pyridine rings is 1. The number of rotatable bonds is 27. The third kappa shape index (κ3) is 14.7. The van der Waals surface area contributed by atoms with Gasteiger partial charge in [-0.25, -0.2) is 0 Å². The van der Waals surface area contributed by atoms with Gasteiger partial charge in [-0.1, -0.05) is 62.9 Å². The lowest BCUT2D eigenvalue weighted by Gasteiger charge is -2.28. The Morgan fingerprint density at radius 1 is 0.750 bits per heavy atom. The van der Waals surface area contributed by atoms with Crippen molar-refractivity contribution < 1.29 is 24.0 Å². The van der Waals surface area contributed by atoms with Crippen molar-refractivity contribution in [1.29, 1.82) is 0 Å². The fourth-order valence-electron chi connectivity index (χ4n) is 7.43. The van der Waals surface area contributed by atoms with Gasteiger partial charge >= 0.3 is 0 Å². The van der Waals surface area contributed by atoms with Crippen molar-refractivity contribution in [3.63, 3.8) is 0 Å². The second-order valence-corrected chi connectivity index (χ2v) is 16.5. The van der Waals surface area contributed by atoms with E-state index in [0.717, 1.165) is 38.5 Å². The Bertz CT molecular complexity index is 2310. The number of nitrogens with one attached hydrogen (secondary N) is 6. The van der Waals surface area contributed by atoms with Crippen molar-refractivity contribution in [3.05, 3.63) is 114 Å². The number of nitrogens with two attached hydrogens (primary N) is 1. The molecule has 0 radical (unpaired) electrons. The van der Waals surface area contributed by atoms with Gasteiger partial charge in [-0.3, -0.25) is 29.0 Å². The number of hydrogen-bond acceptors (Lipinski definition) is 10. The molecule has 0 aliphatic carbocycles. The van der Waals surface area contributed by atoms with Crippen LogP contribution in [0.3, 0.4) is 0 Å². The van der Waals surface area contributed by atoms with Crippen LogP contribution in [0.2, 0.25) is 0 Å². The molecule has 5 amide bonds. The number of aromatic nitrogens is 3. The molecule has 5 aromatic rings. The molecular weight excluding hydrogens is 831 g/mol. The lowest BCUT2D eigenvalue weighted by Crippen LogP contribution is -2.51. The Balaban J connectivity index is 1.24. The van der Waals surface area contributed by atoms with Crippen molar-refractivity contribution in [2.24, 2.45) is 11.7 Å². The first kappa shape index (κ1) is 48.9. The number of benzene rings is 2. The number of thiol groups is 1. The zero-order valence-corrected chi connectivity index (χ0v) is 37.8. The fourth-order valence-corrected chi connectivity index (χ4v) is 7.54. The lowest BCUT2D eigenvalue weighted by molar-refractivity contribution is -0.142. The maximum Gasteiger partial charge on any atom is 0.242 e. The average molecular weight is 894 g/mol. The molecule has 0 bridgehead atoms.